The molecule has 0 aliphatic carbocycles. The first kappa shape index (κ1) is 17.3. The van der Waals surface area contributed by atoms with Gasteiger partial charge in [-0.2, -0.15) is 0 Å². The SMILES string of the molecule is CCCCCCCCNC(=O)Cc1cc(-c2ccccc2)on1. The number of nitrogens with zero attached hydrogens (tertiary/aromatic N) is 1. The predicted molar refractivity (Wildman–Crippen MR) is 92.0 cm³/mol. The van der Waals surface area contributed by atoms with E-state index in [4.69, 9.17) is 4.52 Å². The van der Waals surface area contributed by atoms with E-state index in [1.54, 1.807) is 0 Å². The Morgan fingerprint density at radius 2 is 1.83 bits per heavy atom. The minimum absolute atomic E-state index is 0.00599. The maximum Gasteiger partial charge on any atom is 0.226 e. The third-order valence-electron chi connectivity index (χ3n) is 3.81. The summed E-state index contributed by atoms with van der Waals surface area (Å²) in [5.74, 6) is 0.704. The zero-order valence-corrected chi connectivity index (χ0v) is 13.9. The molecule has 124 valence electrons. The van der Waals surface area contributed by atoms with Crippen molar-refractivity contribution in [3.8, 4) is 11.3 Å². The molecule has 4 heteroatoms. The average Bonchev–Trinajstić information content (AvgIpc) is 3.03. The van der Waals surface area contributed by atoms with Crippen LogP contribution in [0, 0.1) is 0 Å². The lowest BCUT2D eigenvalue weighted by Crippen LogP contribution is -2.26. The van der Waals surface area contributed by atoms with Gasteiger partial charge in [0.2, 0.25) is 5.91 Å². The van der Waals surface area contributed by atoms with Crippen molar-refractivity contribution in [2.75, 3.05) is 6.54 Å². The maximum absolute atomic E-state index is 11.9. The largest absolute Gasteiger partial charge is 0.356 e. The molecule has 1 amide bonds. The van der Waals surface area contributed by atoms with E-state index in [9.17, 15) is 4.79 Å². The zero-order valence-electron chi connectivity index (χ0n) is 13.9. The lowest BCUT2D eigenvalue weighted by atomic mass is 10.1. The number of rotatable bonds is 10. The van der Waals surface area contributed by atoms with Crippen LogP contribution >= 0.6 is 0 Å². The van der Waals surface area contributed by atoms with Gasteiger partial charge in [-0.25, -0.2) is 0 Å². The molecule has 0 aliphatic rings. The molecular formula is C19H26N2O2. The van der Waals surface area contributed by atoms with Crippen molar-refractivity contribution < 1.29 is 9.32 Å². The summed E-state index contributed by atoms with van der Waals surface area (Å²) >= 11 is 0. The molecule has 0 aliphatic heterocycles. The normalized spacial score (nSPS) is 10.7. The van der Waals surface area contributed by atoms with Crippen LogP contribution in [0.1, 0.15) is 51.1 Å². The van der Waals surface area contributed by atoms with Crippen LogP contribution in [0.4, 0.5) is 0 Å². The van der Waals surface area contributed by atoms with Crippen molar-refractivity contribution in [1.29, 1.82) is 0 Å². The van der Waals surface area contributed by atoms with Gasteiger partial charge in [-0.15, -0.1) is 0 Å². The van der Waals surface area contributed by atoms with E-state index in [1.807, 2.05) is 36.4 Å². The van der Waals surface area contributed by atoms with Gasteiger partial charge in [0.15, 0.2) is 5.76 Å². The molecule has 0 bridgehead atoms. The smallest absolute Gasteiger partial charge is 0.226 e. The molecule has 0 saturated heterocycles. The molecule has 0 spiro atoms. The van der Waals surface area contributed by atoms with Gasteiger partial charge in [0.05, 0.1) is 12.1 Å². The van der Waals surface area contributed by atoms with Crippen molar-refractivity contribution >= 4 is 5.91 Å². The number of nitrogens with one attached hydrogen (secondary N) is 1. The van der Waals surface area contributed by atoms with E-state index in [2.05, 4.69) is 17.4 Å². The second kappa shape index (κ2) is 9.82. The Bertz CT molecular complexity index is 578. The van der Waals surface area contributed by atoms with E-state index >= 15 is 0 Å². The van der Waals surface area contributed by atoms with Crippen LogP contribution in [0.25, 0.3) is 11.3 Å². The number of benzene rings is 1. The van der Waals surface area contributed by atoms with Crippen molar-refractivity contribution in [2.45, 2.75) is 51.9 Å². The number of amides is 1. The van der Waals surface area contributed by atoms with Gasteiger partial charge < -0.3 is 9.84 Å². The second-order valence-corrected chi connectivity index (χ2v) is 5.84. The zero-order chi connectivity index (χ0) is 16.3. The molecular weight excluding hydrogens is 288 g/mol. The van der Waals surface area contributed by atoms with Gasteiger partial charge in [0, 0.05) is 18.2 Å². The van der Waals surface area contributed by atoms with E-state index in [0.717, 1.165) is 18.5 Å². The molecule has 2 rings (SSSR count). The molecule has 23 heavy (non-hydrogen) atoms. The summed E-state index contributed by atoms with van der Waals surface area (Å²) in [4.78, 5) is 11.9. The van der Waals surface area contributed by atoms with Crippen molar-refractivity contribution in [3.63, 3.8) is 0 Å². The maximum atomic E-state index is 11.9. The molecule has 1 N–H and O–H groups in total. The van der Waals surface area contributed by atoms with Gasteiger partial charge in [0.25, 0.3) is 0 Å². The lowest BCUT2D eigenvalue weighted by Gasteiger charge is -2.03. The Balaban J connectivity index is 1.67. The summed E-state index contributed by atoms with van der Waals surface area (Å²) < 4.78 is 5.30. The highest BCUT2D eigenvalue weighted by atomic mass is 16.5. The Hall–Kier alpha value is -2.10. The van der Waals surface area contributed by atoms with Crippen LogP contribution < -0.4 is 5.32 Å². The average molecular weight is 314 g/mol. The van der Waals surface area contributed by atoms with Crippen molar-refractivity contribution in [1.82, 2.24) is 10.5 Å². The summed E-state index contributed by atoms with van der Waals surface area (Å²) in [7, 11) is 0. The predicted octanol–water partition coefficient (Wildman–Crippen LogP) is 4.36. The van der Waals surface area contributed by atoms with Crippen LogP contribution in [0.3, 0.4) is 0 Å². The Labute approximate surface area is 138 Å². The molecule has 2 aromatic rings. The first-order valence-electron chi connectivity index (χ1n) is 8.57. The lowest BCUT2D eigenvalue weighted by molar-refractivity contribution is -0.120. The summed E-state index contributed by atoms with van der Waals surface area (Å²) in [5.41, 5.74) is 1.64. The molecule has 0 fully saturated rings. The van der Waals surface area contributed by atoms with E-state index in [0.29, 0.717) is 11.5 Å². The fourth-order valence-corrected chi connectivity index (χ4v) is 2.49. The minimum Gasteiger partial charge on any atom is -0.356 e. The van der Waals surface area contributed by atoms with Crippen molar-refractivity contribution in [2.24, 2.45) is 0 Å². The number of hydrogen-bond donors (Lipinski definition) is 1. The quantitative estimate of drug-likeness (QED) is 0.663. The minimum atomic E-state index is 0.00599. The summed E-state index contributed by atoms with van der Waals surface area (Å²) in [6.45, 7) is 2.96. The van der Waals surface area contributed by atoms with E-state index in [1.165, 1.54) is 32.1 Å². The van der Waals surface area contributed by atoms with Crippen LogP contribution in [0.5, 0.6) is 0 Å². The van der Waals surface area contributed by atoms with Crippen molar-refractivity contribution in [3.05, 3.63) is 42.1 Å². The monoisotopic (exact) mass is 314 g/mol. The summed E-state index contributed by atoms with van der Waals surface area (Å²) in [6.07, 6.45) is 7.62. The number of carbonyl (C=O) groups excluding carboxylic acids is 1. The number of unbranched alkanes of at least 4 members (excludes halogenated alkanes) is 5. The molecule has 4 nitrogen and oxygen atoms in total. The fraction of sp³-hybridized carbons (Fsp3) is 0.474. The number of aromatic nitrogens is 1. The Morgan fingerprint density at radius 3 is 2.61 bits per heavy atom. The van der Waals surface area contributed by atoms with Gasteiger partial charge in [0.1, 0.15) is 0 Å². The molecule has 1 aromatic carbocycles. The first-order valence-corrected chi connectivity index (χ1v) is 8.57. The van der Waals surface area contributed by atoms with Crippen LogP contribution in [-0.4, -0.2) is 17.6 Å². The van der Waals surface area contributed by atoms with Crippen LogP contribution in [0.2, 0.25) is 0 Å². The Morgan fingerprint density at radius 1 is 1.09 bits per heavy atom. The molecule has 0 radical (unpaired) electrons. The topological polar surface area (TPSA) is 55.1 Å². The molecule has 0 unspecified atom stereocenters. The van der Waals surface area contributed by atoms with Gasteiger partial charge in [-0.3, -0.25) is 4.79 Å². The number of carbonyl (C=O) groups is 1. The second-order valence-electron chi connectivity index (χ2n) is 5.84. The van der Waals surface area contributed by atoms with Gasteiger partial charge >= 0.3 is 0 Å². The number of hydrogen-bond acceptors (Lipinski definition) is 3. The highest BCUT2D eigenvalue weighted by Crippen LogP contribution is 2.19. The standard InChI is InChI=1S/C19H26N2O2/c1-2-3-4-5-6-10-13-20-19(22)15-17-14-18(23-21-17)16-11-8-7-9-12-16/h7-9,11-12,14H,2-6,10,13,15H2,1H3,(H,20,22). The van der Waals surface area contributed by atoms with Gasteiger partial charge in [-0.1, -0.05) is 74.5 Å². The highest BCUT2D eigenvalue weighted by molar-refractivity contribution is 5.78. The summed E-state index contributed by atoms with van der Waals surface area (Å²) in [6, 6.07) is 11.6. The summed E-state index contributed by atoms with van der Waals surface area (Å²) in [5, 5.41) is 6.93. The van der Waals surface area contributed by atoms with Crippen LogP contribution in [0.15, 0.2) is 40.9 Å². The first-order chi connectivity index (χ1) is 11.3. The van der Waals surface area contributed by atoms with Crippen LogP contribution in [-0.2, 0) is 11.2 Å². The third kappa shape index (κ3) is 6.27. The Kier molecular flexibility index (Phi) is 7.37. The van der Waals surface area contributed by atoms with E-state index in [-0.39, 0.29) is 12.3 Å². The molecule has 0 saturated carbocycles. The molecule has 1 heterocycles. The highest BCUT2D eigenvalue weighted by Gasteiger charge is 2.10. The fourth-order valence-electron chi connectivity index (χ4n) is 2.49. The van der Waals surface area contributed by atoms with E-state index < -0.39 is 0 Å². The third-order valence-corrected chi connectivity index (χ3v) is 3.81. The van der Waals surface area contributed by atoms with Gasteiger partial charge in [-0.05, 0) is 6.42 Å². The molecule has 0 atom stereocenters. The molecule has 1 aromatic heterocycles.